The predicted molar refractivity (Wildman–Crippen MR) is 50.4 cm³/mol. The van der Waals surface area contributed by atoms with E-state index < -0.39 is 0 Å². The Morgan fingerprint density at radius 2 is 2.23 bits per heavy atom. The van der Waals surface area contributed by atoms with E-state index >= 15 is 0 Å². The molecule has 0 fully saturated rings. The Morgan fingerprint density at radius 3 is 2.92 bits per heavy atom. The topological polar surface area (TPSA) is 49.7 Å². The molecule has 1 unspecified atom stereocenters. The van der Waals surface area contributed by atoms with Crippen molar-refractivity contribution in [2.75, 3.05) is 6.61 Å². The Labute approximate surface area is 79.0 Å². The molecule has 0 amide bonds. The van der Waals surface area contributed by atoms with Gasteiger partial charge in [0.05, 0.1) is 0 Å². The van der Waals surface area contributed by atoms with Gasteiger partial charge in [-0.25, -0.2) is 4.89 Å². The van der Waals surface area contributed by atoms with E-state index in [1.54, 1.807) is 0 Å². The smallest absolute Gasteiger partial charge is 0.114 e. The summed E-state index contributed by atoms with van der Waals surface area (Å²) < 4.78 is 0. The average Bonchev–Trinajstić information content (AvgIpc) is 2.10. The normalized spacial score (nSPS) is 28.8. The highest BCUT2D eigenvalue weighted by atomic mass is 17.1. The molecule has 0 spiro atoms. The largest absolute Gasteiger partial charge is 0.396 e. The van der Waals surface area contributed by atoms with Crippen molar-refractivity contribution in [1.82, 2.24) is 0 Å². The zero-order valence-electron chi connectivity index (χ0n) is 7.91. The quantitative estimate of drug-likeness (QED) is 0.403. The number of hydrogen-bond donors (Lipinski definition) is 2. The van der Waals surface area contributed by atoms with Crippen LogP contribution in [0.2, 0.25) is 0 Å². The van der Waals surface area contributed by atoms with E-state index in [-0.39, 0.29) is 12.7 Å². The van der Waals surface area contributed by atoms with Gasteiger partial charge in [-0.05, 0) is 31.3 Å². The van der Waals surface area contributed by atoms with Crippen molar-refractivity contribution in [1.29, 1.82) is 0 Å². The highest BCUT2D eigenvalue weighted by Gasteiger charge is 2.15. The molecule has 0 saturated carbocycles. The molecule has 1 atom stereocenters. The summed E-state index contributed by atoms with van der Waals surface area (Å²) in [5.41, 5.74) is 1.05. The van der Waals surface area contributed by atoms with Crippen molar-refractivity contribution in [3.8, 4) is 0 Å². The van der Waals surface area contributed by atoms with Gasteiger partial charge in [-0.2, -0.15) is 0 Å². The SMILES string of the molecule is OCC/C1=C/CCCCCC1OO. The molecule has 0 bridgehead atoms. The number of rotatable bonds is 3. The zero-order chi connectivity index (χ0) is 9.52. The molecule has 13 heavy (non-hydrogen) atoms. The standard InChI is InChI=1S/C10H18O3/c11-8-7-9-5-3-1-2-4-6-10(9)13-12/h5,10-12H,1-4,6-8H2/b9-5-. The Balaban J connectivity index is 2.56. The molecule has 0 aromatic carbocycles. The lowest BCUT2D eigenvalue weighted by molar-refractivity contribution is -0.270. The highest BCUT2D eigenvalue weighted by Crippen LogP contribution is 2.21. The van der Waals surface area contributed by atoms with E-state index in [2.05, 4.69) is 11.0 Å². The van der Waals surface area contributed by atoms with Crippen LogP contribution in [0.4, 0.5) is 0 Å². The van der Waals surface area contributed by atoms with Crippen LogP contribution in [0.25, 0.3) is 0 Å². The van der Waals surface area contributed by atoms with E-state index in [1.807, 2.05) is 0 Å². The second kappa shape index (κ2) is 6.13. The van der Waals surface area contributed by atoms with Crippen LogP contribution in [0, 0.1) is 0 Å². The van der Waals surface area contributed by atoms with Crippen LogP contribution in [-0.2, 0) is 4.89 Å². The summed E-state index contributed by atoms with van der Waals surface area (Å²) in [6.45, 7) is 0.131. The van der Waals surface area contributed by atoms with Gasteiger partial charge in [0.25, 0.3) is 0 Å². The maximum atomic E-state index is 8.82. The summed E-state index contributed by atoms with van der Waals surface area (Å²) in [5, 5.41) is 17.5. The zero-order valence-corrected chi connectivity index (χ0v) is 7.91. The first-order chi connectivity index (χ1) is 6.38. The van der Waals surface area contributed by atoms with Crippen molar-refractivity contribution < 1.29 is 15.3 Å². The lowest BCUT2D eigenvalue weighted by Gasteiger charge is -2.19. The third-order valence-corrected chi connectivity index (χ3v) is 2.52. The van der Waals surface area contributed by atoms with E-state index in [0.29, 0.717) is 6.42 Å². The minimum absolute atomic E-state index is 0.131. The first-order valence-corrected chi connectivity index (χ1v) is 4.98. The van der Waals surface area contributed by atoms with Gasteiger partial charge in [0.15, 0.2) is 0 Å². The van der Waals surface area contributed by atoms with Crippen molar-refractivity contribution in [2.45, 2.75) is 44.6 Å². The molecule has 1 aliphatic carbocycles. The van der Waals surface area contributed by atoms with Gasteiger partial charge in [-0.3, -0.25) is 5.26 Å². The van der Waals surface area contributed by atoms with Gasteiger partial charge in [0.2, 0.25) is 0 Å². The van der Waals surface area contributed by atoms with Crippen LogP contribution >= 0.6 is 0 Å². The molecule has 1 rings (SSSR count). The fraction of sp³-hybridized carbons (Fsp3) is 0.800. The van der Waals surface area contributed by atoms with E-state index in [9.17, 15) is 0 Å². The number of allylic oxidation sites excluding steroid dienone is 1. The monoisotopic (exact) mass is 186 g/mol. The Hall–Kier alpha value is -0.380. The van der Waals surface area contributed by atoms with Gasteiger partial charge < -0.3 is 5.11 Å². The van der Waals surface area contributed by atoms with Crippen LogP contribution in [0.1, 0.15) is 38.5 Å². The summed E-state index contributed by atoms with van der Waals surface area (Å²) in [6, 6.07) is 0. The van der Waals surface area contributed by atoms with Crippen molar-refractivity contribution in [3.63, 3.8) is 0 Å². The summed E-state index contributed by atoms with van der Waals surface area (Å²) in [4.78, 5) is 4.41. The van der Waals surface area contributed by atoms with Gasteiger partial charge >= 0.3 is 0 Å². The molecule has 0 heterocycles. The molecule has 0 saturated heterocycles. The van der Waals surface area contributed by atoms with Crippen LogP contribution in [0.3, 0.4) is 0 Å². The van der Waals surface area contributed by atoms with Crippen LogP contribution in [0.5, 0.6) is 0 Å². The number of hydrogen-bond acceptors (Lipinski definition) is 3. The Bertz CT molecular complexity index is 166. The molecule has 1 aliphatic rings. The molecule has 3 heteroatoms. The Morgan fingerprint density at radius 1 is 1.38 bits per heavy atom. The van der Waals surface area contributed by atoms with Crippen LogP contribution in [-0.4, -0.2) is 23.1 Å². The van der Waals surface area contributed by atoms with E-state index in [4.69, 9.17) is 10.4 Å². The summed E-state index contributed by atoms with van der Waals surface area (Å²) in [5.74, 6) is 0. The molecule has 0 aromatic heterocycles. The van der Waals surface area contributed by atoms with Crippen molar-refractivity contribution >= 4 is 0 Å². The fourth-order valence-electron chi connectivity index (χ4n) is 1.77. The third kappa shape index (κ3) is 3.46. The first kappa shape index (κ1) is 10.7. The van der Waals surface area contributed by atoms with E-state index in [0.717, 1.165) is 24.8 Å². The molecule has 0 radical (unpaired) electrons. The van der Waals surface area contributed by atoms with Gasteiger partial charge in [-0.15, -0.1) is 0 Å². The van der Waals surface area contributed by atoms with E-state index in [1.165, 1.54) is 12.8 Å². The van der Waals surface area contributed by atoms with Gasteiger partial charge in [0, 0.05) is 6.61 Å². The third-order valence-electron chi connectivity index (χ3n) is 2.52. The number of aliphatic hydroxyl groups is 1. The second-order valence-electron chi connectivity index (χ2n) is 3.48. The Kier molecular flexibility index (Phi) is 5.05. The molecular formula is C10H18O3. The van der Waals surface area contributed by atoms with Gasteiger partial charge in [-0.1, -0.05) is 18.9 Å². The molecule has 0 aromatic rings. The van der Waals surface area contributed by atoms with Crippen molar-refractivity contribution in [3.05, 3.63) is 11.6 Å². The molecule has 3 nitrogen and oxygen atoms in total. The van der Waals surface area contributed by atoms with Crippen LogP contribution < -0.4 is 0 Å². The second-order valence-corrected chi connectivity index (χ2v) is 3.48. The maximum absolute atomic E-state index is 8.82. The molecular weight excluding hydrogens is 168 g/mol. The summed E-state index contributed by atoms with van der Waals surface area (Å²) in [6.07, 6.45) is 7.91. The predicted octanol–water partition coefficient (Wildman–Crippen LogP) is 2.12. The summed E-state index contributed by atoms with van der Waals surface area (Å²) in [7, 11) is 0. The van der Waals surface area contributed by atoms with Crippen LogP contribution in [0.15, 0.2) is 11.6 Å². The highest BCUT2D eigenvalue weighted by molar-refractivity contribution is 5.09. The summed E-state index contributed by atoms with van der Waals surface area (Å²) >= 11 is 0. The lowest BCUT2D eigenvalue weighted by atomic mass is 9.95. The van der Waals surface area contributed by atoms with Crippen molar-refractivity contribution in [2.24, 2.45) is 0 Å². The number of aliphatic hydroxyl groups excluding tert-OH is 1. The molecule has 0 aliphatic heterocycles. The fourth-order valence-corrected chi connectivity index (χ4v) is 1.77. The first-order valence-electron chi connectivity index (χ1n) is 4.98. The average molecular weight is 186 g/mol. The minimum Gasteiger partial charge on any atom is -0.396 e. The maximum Gasteiger partial charge on any atom is 0.114 e. The molecule has 2 N–H and O–H groups in total. The minimum atomic E-state index is -0.188. The van der Waals surface area contributed by atoms with Gasteiger partial charge in [0.1, 0.15) is 6.10 Å². The lowest BCUT2D eigenvalue weighted by Crippen LogP contribution is -2.16. The molecule has 76 valence electrons.